The van der Waals surface area contributed by atoms with E-state index in [9.17, 15) is 14.3 Å². The van der Waals surface area contributed by atoms with Gasteiger partial charge in [-0.3, -0.25) is 0 Å². The third-order valence-corrected chi connectivity index (χ3v) is 7.85. The second-order valence-corrected chi connectivity index (χ2v) is 10.7. The summed E-state index contributed by atoms with van der Waals surface area (Å²) >= 11 is 0. The first-order valence-corrected chi connectivity index (χ1v) is 13.8. The van der Waals surface area contributed by atoms with E-state index in [0.717, 1.165) is 17.7 Å². The number of methoxy groups -OCH3 is 1. The Balaban J connectivity index is 1.28. The van der Waals surface area contributed by atoms with Crippen molar-refractivity contribution in [1.29, 1.82) is 0 Å². The number of ether oxygens (including phenoxy) is 2. The Hall–Kier alpha value is -4.70. The molecule has 1 saturated carbocycles. The molecule has 43 heavy (non-hydrogen) atoms. The highest BCUT2D eigenvalue weighted by molar-refractivity contribution is 5.92. The molecule has 3 aromatic carbocycles. The minimum atomic E-state index is -1.06. The third-order valence-electron chi connectivity index (χ3n) is 7.85. The first kappa shape index (κ1) is 28.4. The molecule has 10 heteroatoms. The van der Waals surface area contributed by atoms with E-state index in [0.29, 0.717) is 35.3 Å². The molecule has 5 aromatic rings. The number of hydrogen-bond donors (Lipinski definition) is 1. The van der Waals surface area contributed by atoms with Crippen LogP contribution < -0.4 is 4.74 Å². The number of aromatic carboxylic acids is 1. The van der Waals surface area contributed by atoms with Gasteiger partial charge in [-0.2, -0.15) is 0 Å². The van der Waals surface area contributed by atoms with E-state index in [2.05, 4.69) is 9.97 Å². The lowest BCUT2D eigenvalue weighted by atomic mass is 9.88. The van der Waals surface area contributed by atoms with Crippen molar-refractivity contribution >= 4 is 17.0 Å². The molecule has 1 fully saturated rings. The number of aromatic nitrogens is 3. The van der Waals surface area contributed by atoms with Crippen LogP contribution in [0.25, 0.3) is 22.3 Å². The van der Waals surface area contributed by atoms with Crippen LogP contribution in [0, 0.1) is 24.4 Å². The molecule has 0 radical (unpaired) electrons. The van der Waals surface area contributed by atoms with Gasteiger partial charge in [0.15, 0.2) is 0 Å². The molecule has 0 amide bonds. The van der Waals surface area contributed by atoms with E-state index in [1.807, 2.05) is 4.57 Å². The van der Waals surface area contributed by atoms with E-state index in [4.69, 9.17) is 9.47 Å². The molecule has 2 aromatic heterocycles. The maximum absolute atomic E-state index is 15.5. The summed E-state index contributed by atoms with van der Waals surface area (Å²) in [6.07, 6.45) is 1.45. The fourth-order valence-electron chi connectivity index (χ4n) is 5.41. The maximum Gasteiger partial charge on any atom is 0.335 e. The Morgan fingerprint density at radius 2 is 1.74 bits per heavy atom. The van der Waals surface area contributed by atoms with E-state index >= 15 is 8.78 Å². The highest BCUT2D eigenvalue weighted by Crippen LogP contribution is 2.38. The van der Waals surface area contributed by atoms with Crippen molar-refractivity contribution in [3.63, 3.8) is 0 Å². The van der Waals surface area contributed by atoms with Gasteiger partial charge in [0, 0.05) is 36.8 Å². The summed E-state index contributed by atoms with van der Waals surface area (Å²) < 4.78 is 58.2. The van der Waals surface area contributed by atoms with Crippen LogP contribution >= 0.6 is 0 Å². The Morgan fingerprint density at radius 3 is 2.49 bits per heavy atom. The minimum absolute atomic E-state index is 0.00698. The lowest BCUT2D eigenvalue weighted by molar-refractivity contribution is 0.00665. The predicted molar refractivity (Wildman–Crippen MR) is 154 cm³/mol. The summed E-state index contributed by atoms with van der Waals surface area (Å²) in [5.74, 6) is -2.13. The van der Waals surface area contributed by atoms with Crippen LogP contribution in [0.5, 0.6) is 5.88 Å². The molecule has 0 saturated heterocycles. The average molecular weight is 588 g/mol. The molecule has 0 atom stereocenters. The number of halogens is 3. The lowest BCUT2D eigenvalue weighted by Crippen LogP contribution is -2.33. The SMILES string of the molecule is CO[C@H]1C[C@@H](n2c(Cc3cc(F)c(-c4cccc(OCc5ccc(C)cc5F)n4)cc3F)nc3ccc(C(=O)O)cc32)C1. The lowest BCUT2D eigenvalue weighted by Gasteiger charge is -2.36. The molecule has 0 aliphatic heterocycles. The van der Waals surface area contributed by atoms with Crippen LogP contribution in [0.4, 0.5) is 13.2 Å². The fraction of sp³-hybridized carbons (Fsp3) is 0.242. The van der Waals surface area contributed by atoms with Gasteiger partial charge in [0.2, 0.25) is 5.88 Å². The van der Waals surface area contributed by atoms with Gasteiger partial charge in [0.1, 0.15) is 29.9 Å². The van der Waals surface area contributed by atoms with Gasteiger partial charge in [-0.1, -0.05) is 18.2 Å². The Morgan fingerprint density at radius 1 is 0.953 bits per heavy atom. The smallest absolute Gasteiger partial charge is 0.335 e. The molecule has 2 heterocycles. The van der Waals surface area contributed by atoms with E-state index in [1.165, 1.54) is 12.1 Å². The van der Waals surface area contributed by atoms with Gasteiger partial charge in [0.05, 0.1) is 28.4 Å². The van der Waals surface area contributed by atoms with Crippen LogP contribution in [0.15, 0.2) is 66.7 Å². The zero-order chi connectivity index (χ0) is 30.2. The van der Waals surface area contributed by atoms with Crippen LogP contribution in [-0.2, 0) is 17.8 Å². The molecule has 220 valence electrons. The number of rotatable bonds is 9. The van der Waals surface area contributed by atoms with Gasteiger partial charge in [0.25, 0.3) is 0 Å². The largest absolute Gasteiger partial charge is 0.478 e. The summed E-state index contributed by atoms with van der Waals surface area (Å²) in [5, 5.41) is 9.50. The van der Waals surface area contributed by atoms with Gasteiger partial charge < -0.3 is 19.1 Å². The zero-order valence-corrected chi connectivity index (χ0v) is 23.5. The van der Waals surface area contributed by atoms with Crippen molar-refractivity contribution in [2.24, 2.45) is 0 Å². The van der Waals surface area contributed by atoms with Crippen LogP contribution in [0.1, 0.15) is 51.8 Å². The standard InChI is InChI=1S/C33H28F3N3O4/c1-18-6-7-20(25(34)10-18)17-43-32-5-3-4-28(38-32)24-16-26(35)21(11-27(24)36)13-31-37-29-9-8-19(33(40)41)12-30(29)39(31)22-14-23(15-22)42-2/h3-12,16,22-23H,13-15,17H2,1-2H3,(H,40,41)/t22-,23+. The number of carboxylic acid groups (broad SMARTS) is 1. The van der Waals surface area contributed by atoms with Crippen molar-refractivity contribution in [2.75, 3.05) is 7.11 Å². The fourth-order valence-corrected chi connectivity index (χ4v) is 5.41. The summed E-state index contributed by atoms with van der Waals surface area (Å²) in [6.45, 7) is 1.72. The molecular formula is C33H28F3N3O4. The highest BCUT2D eigenvalue weighted by Gasteiger charge is 2.33. The number of benzene rings is 3. The predicted octanol–water partition coefficient (Wildman–Crippen LogP) is 7.04. The van der Waals surface area contributed by atoms with E-state index < -0.39 is 23.4 Å². The summed E-state index contributed by atoms with van der Waals surface area (Å²) in [7, 11) is 1.64. The quantitative estimate of drug-likeness (QED) is 0.199. The molecular weight excluding hydrogens is 559 g/mol. The Kier molecular flexibility index (Phi) is 7.62. The van der Waals surface area contributed by atoms with Gasteiger partial charge in [-0.15, -0.1) is 0 Å². The molecule has 7 nitrogen and oxygen atoms in total. The zero-order valence-electron chi connectivity index (χ0n) is 23.5. The Labute approximate surface area is 245 Å². The summed E-state index contributed by atoms with van der Waals surface area (Å²) in [4.78, 5) is 20.6. The average Bonchev–Trinajstić information content (AvgIpc) is 3.30. The summed E-state index contributed by atoms with van der Waals surface area (Å²) in [6, 6.07) is 16.4. The second kappa shape index (κ2) is 11.5. The number of carboxylic acids is 1. The topological polar surface area (TPSA) is 86.5 Å². The molecule has 0 unspecified atom stereocenters. The van der Waals surface area contributed by atoms with Crippen LogP contribution in [-0.4, -0.2) is 38.8 Å². The summed E-state index contributed by atoms with van der Waals surface area (Å²) in [5.41, 5.74) is 2.67. The normalized spacial score (nSPS) is 16.3. The third kappa shape index (κ3) is 5.70. The minimum Gasteiger partial charge on any atom is -0.478 e. The van der Waals surface area contributed by atoms with Crippen LogP contribution in [0.2, 0.25) is 0 Å². The molecule has 1 aliphatic carbocycles. The number of carbonyl (C=O) groups is 1. The van der Waals surface area contributed by atoms with Crippen molar-refractivity contribution in [2.45, 2.75) is 44.9 Å². The molecule has 1 N–H and O–H groups in total. The van der Waals surface area contributed by atoms with Gasteiger partial charge in [-0.05, 0) is 73.4 Å². The number of aryl methyl sites for hydroxylation is 1. The number of hydrogen-bond acceptors (Lipinski definition) is 5. The number of fused-ring (bicyclic) bond motifs is 1. The molecule has 0 spiro atoms. The van der Waals surface area contributed by atoms with Crippen molar-refractivity contribution in [3.8, 4) is 17.1 Å². The van der Waals surface area contributed by atoms with Gasteiger partial charge >= 0.3 is 5.97 Å². The Bertz CT molecular complexity index is 1850. The van der Waals surface area contributed by atoms with Gasteiger partial charge in [-0.25, -0.2) is 27.9 Å². The maximum atomic E-state index is 15.5. The van der Waals surface area contributed by atoms with Crippen molar-refractivity contribution < 1.29 is 32.5 Å². The number of nitrogens with zero attached hydrogens (tertiary/aromatic N) is 3. The first-order valence-electron chi connectivity index (χ1n) is 13.8. The van der Waals surface area contributed by atoms with Crippen LogP contribution in [0.3, 0.4) is 0 Å². The number of pyridine rings is 1. The van der Waals surface area contributed by atoms with E-state index in [-0.39, 0.29) is 53.4 Å². The molecule has 6 rings (SSSR count). The molecule has 0 bridgehead atoms. The van der Waals surface area contributed by atoms with Crippen molar-refractivity contribution in [3.05, 3.63) is 112 Å². The first-order chi connectivity index (χ1) is 20.7. The molecule has 1 aliphatic rings. The highest BCUT2D eigenvalue weighted by atomic mass is 19.1. The number of imidazole rings is 1. The van der Waals surface area contributed by atoms with E-state index in [1.54, 1.807) is 56.5 Å². The second-order valence-electron chi connectivity index (χ2n) is 10.7. The van der Waals surface area contributed by atoms with Crippen molar-refractivity contribution in [1.82, 2.24) is 14.5 Å². The monoisotopic (exact) mass is 587 g/mol.